The van der Waals surface area contributed by atoms with E-state index in [0.717, 1.165) is 57.8 Å². The van der Waals surface area contributed by atoms with Crippen molar-refractivity contribution >= 4 is 11.9 Å². The first-order valence-electron chi connectivity index (χ1n) is 31.6. The predicted octanol–water partition coefficient (Wildman–Crippen LogP) is 19.8. The molecular formula is C64H123NO5. The van der Waals surface area contributed by atoms with E-state index in [1.165, 1.54) is 257 Å². The van der Waals surface area contributed by atoms with Crippen LogP contribution in [0.5, 0.6) is 0 Å². The van der Waals surface area contributed by atoms with E-state index in [1.54, 1.807) is 0 Å². The van der Waals surface area contributed by atoms with Crippen molar-refractivity contribution in [1.29, 1.82) is 0 Å². The van der Waals surface area contributed by atoms with Crippen molar-refractivity contribution in [2.75, 3.05) is 13.2 Å². The van der Waals surface area contributed by atoms with Crippen LogP contribution in [0.4, 0.5) is 0 Å². The van der Waals surface area contributed by atoms with E-state index in [1.807, 2.05) is 0 Å². The Morgan fingerprint density at radius 3 is 1.01 bits per heavy atom. The van der Waals surface area contributed by atoms with Gasteiger partial charge in [0.15, 0.2) is 0 Å². The molecule has 2 atom stereocenters. The van der Waals surface area contributed by atoms with Crippen LogP contribution in [-0.2, 0) is 14.3 Å². The zero-order valence-electron chi connectivity index (χ0n) is 47.3. The molecule has 2 unspecified atom stereocenters. The van der Waals surface area contributed by atoms with Crippen LogP contribution in [0.2, 0.25) is 0 Å². The summed E-state index contributed by atoms with van der Waals surface area (Å²) in [6, 6.07) is -0.552. The van der Waals surface area contributed by atoms with Crippen LogP contribution in [0.1, 0.15) is 348 Å². The summed E-state index contributed by atoms with van der Waals surface area (Å²) in [5.41, 5.74) is 0. The maximum atomic E-state index is 12.5. The molecule has 0 aliphatic heterocycles. The van der Waals surface area contributed by atoms with Crippen molar-refractivity contribution in [3.8, 4) is 0 Å². The number of hydrogen-bond acceptors (Lipinski definition) is 5. The van der Waals surface area contributed by atoms with Gasteiger partial charge in [-0.15, -0.1) is 0 Å². The highest BCUT2D eigenvalue weighted by Gasteiger charge is 2.20. The molecular weight excluding hydrogens is 863 g/mol. The maximum Gasteiger partial charge on any atom is 0.305 e. The second-order valence-electron chi connectivity index (χ2n) is 21.7. The molecule has 0 aromatic heterocycles. The van der Waals surface area contributed by atoms with Crippen LogP contribution in [0.15, 0.2) is 24.3 Å². The Morgan fingerprint density at radius 1 is 0.386 bits per heavy atom. The van der Waals surface area contributed by atoms with E-state index in [-0.39, 0.29) is 18.5 Å². The number of rotatable bonds is 59. The summed E-state index contributed by atoms with van der Waals surface area (Å²) >= 11 is 0. The molecule has 414 valence electrons. The smallest absolute Gasteiger partial charge is 0.305 e. The molecule has 0 saturated heterocycles. The van der Waals surface area contributed by atoms with Crippen LogP contribution in [0.3, 0.4) is 0 Å². The SMILES string of the molecule is CCCCCCCC/C=C\CCCCCCCC(=O)OCCCCCCCCCCC/C=C\CCCCCCCC(=O)NC(CO)C(O)CCCCCCCCCCCCCCCCCCCCCC. The van der Waals surface area contributed by atoms with E-state index in [0.29, 0.717) is 25.9 Å². The Balaban J connectivity index is 3.45. The lowest BCUT2D eigenvalue weighted by atomic mass is 10.0. The van der Waals surface area contributed by atoms with Crippen molar-refractivity contribution in [2.24, 2.45) is 0 Å². The summed E-state index contributed by atoms with van der Waals surface area (Å²) in [4.78, 5) is 24.6. The van der Waals surface area contributed by atoms with Gasteiger partial charge in [-0.05, 0) is 77.0 Å². The van der Waals surface area contributed by atoms with Gasteiger partial charge in [0.2, 0.25) is 5.91 Å². The van der Waals surface area contributed by atoms with Gasteiger partial charge in [-0.25, -0.2) is 0 Å². The first kappa shape index (κ1) is 68.3. The normalized spacial score (nSPS) is 12.7. The number of ether oxygens (including phenoxy) is 1. The van der Waals surface area contributed by atoms with E-state index < -0.39 is 12.1 Å². The number of carbonyl (C=O) groups excluding carboxylic acids is 2. The fourth-order valence-corrected chi connectivity index (χ4v) is 9.87. The Morgan fingerprint density at radius 2 is 0.671 bits per heavy atom. The summed E-state index contributed by atoms with van der Waals surface area (Å²) in [7, 11) is 0. The van der Waals surface area contributed by atoms with Crippen LogP contribution in [0, 0.1) is 0 Å². The fraction of sp³-hybridized carbons (Fsp3) is 0.906. The van der Waals surface area contributed by atoms with Gasteiger partial charge in [-0.3, -0.25) is 9.59 Å². The summed E-state index contributed by atoms with van der Waals surface area (Å²) in [5.74, 6) is -0.0506. The lowest BCUT2D eigenvalue weighted by molar-refractivity contribution is -0.143. The number of carbonyl (C=O) groups is 2. The van der Waals surface area contributed by atoms with Crippen molar-refractivity contribution in [2.45, 2.75) is 360 Å². The van der Waals surface area contributed by atoms with E-state index in [4.69, 9.17) is 4.74 Å². The number of allylic oxidation sites excluding steroid dienone is 4. The molecule has 1 amide bonds. The molecule has 0 radical (unpaired) electrons. The third-order valence-electron chi connectivity index (χ3n) is 14.7. The van der Waals surface area contributed by atoms with Gasteiger partial charge < -0.3 is 20.3 Å². The van der Waals surface area contributed by atoms with Crippen molar-refractivity contribution in [1.82, 2.24) is 5.32 Å². The highest BCUT2D eigenvalue weighted by molar-refractivity contribution is 5.76. The van der Waals surface area contributed by atoms with Crippen LogP contribution in [0.25, 0.3) is 0 Å². The first-order valence-corrected chi connectivity index (χ1v) is 31.6. The lowest BCUT2D eigenvalue weighted by Gasteiger charge is -2.22. The summed E-state index contributed by atoms with van der Waals surface area (Å²) in [5, 5.41) is 23.4. The molecule has 0 aromatic carbocycles. The average molecular weight is 987 g/mol. The molecule has 0 saturated carbocycles. The van der Waals surface area contributed by atoms with E-state index >= 15 is 0 Å². The summed E-state index contributed by atoms with van der Waals surface area (Å²) < 4.78 is 5.48. The standard InChI is InChI=1S/C64H123NO5/c1-3-5-7-9-11-13-15-17-19-20-21-22-25-29-32-36-40-44-48-52-56-62(67)61(60-66)65-63(68)57-53-49-45-41-37-33-30-26-23-24-27-31-35-39-43-47-51-55-59-70-64(69)58-54-50-46-42-38-34-28-18-16-14-12-10-8-6-4-2/h18,26,28,30,61-62,66-67H,3-17,19-25,27,29,31-60H2,1-2H3,(H,65,68)/b28-18-,30-26-. The maximum absolute atomic E-state index is 12.5. The number of esters is 1. The third kappa shape index (κ3) is 55.7. The van der Waals surface area contributed by atoms with Gasteiger partial charge in [0, 0.05) is 12.8 Å². The molecule has 6 heteroatoms. The highest BCUT2D eigenvalue weighted by atomic mass is 16.5. The number of nitrogens with one attached hydrogen (secondary N) is 1. The Hall–Kier alpha value is -1.66. The molecule has 70 heavy (non-hydrogen) atoms. The molecule has 3 N–H and O–H groups in total. The molecule has 0 aliphatic rings. The van der Waals surface area contributed by atoms with Crippen molar-refractivity contribution in [3.05, 3.63) is 24.3 Å². The number of aliphatic hydroxyl groups is 2. The Bertz CT molecular complexity index is 1090. The van der Waals surface area contributed by atoms with Gasteiger partial charge in [0.1, 0.15) is 0 Å². The van der Waals surface area contributed by atoms with Gasteiger partial charge in [-0.2, -0.15) is 0 Å². The molecule has 6 nitrogen and oxygen atoms in total. The van der Waals surface area contributed by atoms with Crippen LogP contribution >= 0.6 is 0 Å². The molecule has 0 bridgehead atoms. The average Bonchev–Trinajstić information content (AvgIpc) is 3.36. The molecule has 0 spiro atoms. The lowest BCUT2D eigenvalue weighted by Crippen LogP contribution is -2.45. The van der Waals surface area contributed by atoms with Crippen LogP contribution in [-0.4, -0.2) is 47.4 Å². The number of aliphatic hydroxyl groups excluding tert-OH is 2. The Kier molecular flexibility index (Phi) is 58.5. The molecule has 0 heterocycles. The third-order valence-corrected chi connectivity index (χ3v) is 14.7. The molecule has 0 rings (SSSR count). The monoisotopic (exact) mass is 986 g/mol. The molecule has 0 aromatic rings. The topological polar surface area (TPSA) is 95.9 Å². The van der Waals surface area contributed by atoms with E-state index in [2.05, 4.69) is 43.5 Å². The summed E-state index contributed by atoms with van der Waals surface area (Å²) in [6.07, 6.45) is 73.3. The van der Waals surface area contributed by atoms with Gasteiger partial charge >= 0.3 is 5.97 Å². The quantitative estimate of drug-likeness (QED) is 0.0321. The summed E-state index contributed by atoms with van der Waals surface area (Å²) in [6.45, 7) is 4.95. The minimum atomic E-state index is -0.674. The largest absolute Gasteiger partial charge is 0.466 e. The minimum absolute atomic E-state index is 0.00428. The Labute approximate surface area is 437 Å². The zero-order chi connectivity index (χ0) is 50.7. The molecule has 0 aliphatic carbocycles. The highest BCUT2D eigenvalue weighted by Crippen LogP contribution is 2.18. The van der Waals surface area contributed by atoms with Gasteiger partial charge in [0.05, 0.1) is 25.4 Å². The van der Waals surface area contributed by atoms with Gasteiger partial charge in [-0.1, -0.05) is 282 Å². The van der Waals surface area contributed by atoms with Gasteiger partial charge in [0.25, 0.3) is 0 Å². The minimum Gasteiger partial charge on any atom is -0.466 e. The second-order valence-corrected chi connectivity index (χ2v) is 21.7. The first-order chi connectivity index (χ1) is 34.5. The van der Waals surface area contributed by atoms with Crippen LogP contribution < -0.4 is 5.32 Å². The van der Waals surface area contributed by atoms with Crippen molar-refractivity contribution < 1.29 is 24.5 Å². The van der Waals surface area contributed by atoms with Crippen molar-refractivity contribution in [3.63, 3.8) is 0 Å². The van der Waals surface area contributed by atoms with E-state index in [9.17, 15) is 19.8 Å². The molecule has 0 fully saturated rings. The zero-order valence-corrected chi connectivity index (χ0v) is 47.3. The number of hydrogen-bond donors (Lipinski definition) is 3. The predicted molar refractivity (Wildman–Crippen MR) is 306 cm³/mol. The second kappa shape index (κ2) is 59.9. The fourth-order valence-electron chi connectivity index (χ4n) is 9.87. The number of amides is 1. The number of unbranched alkanes of at least 4 members (excludes halogenated alkanes) is 44.